The van der Waals surface area contributed by atoms with Gasteiger partial charge in [-0.2, -0.15) is 0 Å². The molecule has 1 fully saturated rings. The summed E-state index contributed by atoms with van der Waals surface area (Å²) in [5.74, 6) is 1.53. The highest BCUT2D eigenvalue weighted by Gasteiger charge is 2.57. The number of benzene rings is 2. The van der Waals surface area contributed by atoms with Gasteiger partial charge in [0, 0.05) is 39.4 Å². The lowest BCUT2D eigenvalue weighted by molar-refractivity contribution is -0.121. The molecule has 8 nitrogen and oxygen atoms in total. The fourth-order valence-electron chi connectivity index (χ4n) is 4.65. The first-order chi connectivity index (χ1) is 15.9. The Hall–Kier alpha value is -3.81. The monoisotopic (exact) mass is 433 g/mol. The summed E-state index contributed by atoms with van der Waals surface area (Å²) >= 11 is 0. The van der Waals surface area contributed by atoms with E-state index in [1.807, 2.05) is 29.2 Å². The van der Waals surface area contributed by atoms with Crippen LogP contribution in [0.1, 0.15) is 26.4 Å². The van der Waals surface area contributed by atoms with Crippen LogP contribution >= 0.6 is 0 Å². The zero-order chi connectivity index (χ0) is 23.3. The van der Waals surface area contributed by atoms with Crippen LogP contribution < -0.4 is 19.7 Å². The Labute approximate surface area is 186 Å². The Kier molecular flexibility index (Phi) is 4.38. The average molecular weight is 433 g/mol. The summed E-state index contributed by atoms with van der Waals surface area (Å²) < 4.78 is 19.2. The van der Waals surface area contributed by atoms with Crippen molar-refractivity contribution in [1.29, 1.82) is 0 Å². The van der Waals surface area contributed by atoms with Crippen LogP contribution in [0.15, 0.2) is 48.3 Å². The first-order valence-electron chi connectivity index (χ1n) is 10.9. The molecule has 3 aromatic rings. The fourth-order valence-corrected chi connectivity index (χ4v) is 4.65. The predicted octanol–water partition coefficient (Wildman–Crippen LogP) is 3.05. The number of H-pyrrole nitrogens is 1. The lowest BCUT2D eigenvalue weighted by Crippen LogP contribution is -2.49. The average Bonchev–Trinajstić information content (AvgIpc) is 3.45. The van der Waals surface area contributed by atoms with Crippen molar-refractivity contribution in [3.05, 3.63) is 54.1 Å². The summed E-state index contributed by atoms with van der Waals surface area (Å²) in [4.78, 5) is 36.4. The minimum atomic E-state index is -1.23. The molecule has 2 heterocycles. The molecule has 0 amide bonds. The molecule has 2 N–H and O–H groups in total. The van der Waals surface area contributed by atoms with E-state index in [-0.39, 0.29) is 24.4 Å². The zero-order valence-corrected chi connectivity index (χ0v) is 18.1. The van der Waals surface area contributed by atoms with Crippen LogP contribution in [0.5, 0.6) is 11.5 Å². The number of aromatic nitrogens is 2. The van der Waals surface area contributed by atoms with Crippen LogP contribution in [0.3, 0.4) is 0 Å². The molecule has 32 heavy (non-hydrogen) atoms. The number of rotatable bonds is 5. The van der Waals surface area contributed by atoms with Crippen LogP contribution in [0, 0.1) is 0 Å². The number of ketones is 2. The molecule has 1 spiro atoms. The first kappa shape index (κ1) is 18.9. The van der Waals surface area contributed by atoms with Crippen molar-refractivity contribution >= 4 is 33.9 Å². The van der Waals surface area contributed by atoms with Crippen LogP contribution in [-0.2, 0) is 9.59 Å². The summed E-state index contributed by atoms with van der Waals surface area (Å²) in [6.45, 7) is 0. The summed E-state index contributed by atoms with van der Waals surface area (Å²) in [6.07, 6.45) is -0.954. The fraction of sp³-hybridized carbons (Fsp3) is 0.292. The van der Waals surface area contributed by atoms with E-state index in [9.17, 15) is 9.59 Å². The number of aromatic amines is 1. The molecule has 1 aliphatic carbocycles. The van der Waals surface area contributed by atoms with Gasteiger partial charge in [-0.05, 0) is 18.6 Å². The van der Waals surface area contributed by atoms with E-state index in [1.54, 1.807) is 39.5 Å². The van der Waals surface area contributed by atoms with E-state index in [4.69, 9.17) is 10.8 Å². The number of hydrogen-bond donors (Lipinski definition) is 2. The Bertz CT molecular complexity index is 1260. The maximum absolute atomic E-state index is 14.1. The van der Waals surface area contributed by atoms with E-state index in [0.29, 0.717) is 34.4 Å². The van der Waals surface area contributed by atoms with E-state index in [0.717, 1.165) is 11.0 Å². The molecule has 0 bridgehead atoms. The quantitative estimate of drug-likeness (QED) is 0.638. The number of carbonyl (C=O) groups is 2. The third-order valence-corrected chi connectivity index (χ3v) is 6.13. The van der Waals surface area contributed by atoms with Crippen molar-refractivity contribution in [2.45, 2.75) is 24.8 Å². The van der Waals surface area contributed by atoms with Crippen molar-refractivity contribution in [1.82, 2.24) is 15.3 Å². The van der Waals surface area contributed by atoms with Gasteiger partial charge in [-0.15, -0.1) is 0 Å². The number of anilines is 1. The Morgan fingerprint density at radius 3 is 2.47 bits per heavy atom. The van der Waals surface area contributed by atoms with E-state index < -0.39 is 11.9 Å². The summed E-state index contributed by atoms with van der Waals surface area (Å²) in [5, 5.41) is 3.16. The lowest BCUT2D eigenvalue weighted by atomic mass is 9.89. The third kappa shape index (κ3) is 2.86. The summed E-state index contributed by atoms with van der Waals surface area (Å²) in [6, 6.07) is 12.9. The van der Waals surface area contributed by atoms with Crippen LogP contribution in [0.2, 0.25) is 0 Å². The second-order valence-corrected chi connectivity index (χ2v) is 7.89. The van der Waals surface area contributed by atoms with Gasteiger partial charge in [0.1, 0.15) is 40.0 Å². The Morgan fingerprint density at radius 1 is 1.16 bits per heavy atom. The first-order valence-corrected chi connectivity index (χ1v) is 10.3. The van der Waals surface area contributed by atoms with E-state index >= 15 is 0 Å². The number of carbonyl (C=O) groups excluding carboxylic acids is 2. The second kappa shape index (κ2) is 7.40. The highest BCUT2D eigenvalue weighted by molar-refractivity contribution is 6.31. The number of imidazole rings is 1. The molecule has 2 atom stereocenters. The molecular weight excluding hydrogens is 408 g/mol. The van der Waals surface area contributed by atoms with Gasteiger partial charge in [0.2, 0.25) is 0 Å². The van der Waals surface area contributed by atoms with Crippen molar-refractivity contribution in [3.8, 4) is 11.5 Å². The van der Waals surface area contributed by atoms with Crippen LogP contribution in [0.25, 0.3) is 16.6 Å². The van der Waals surface area contributed by atoms with E-state index in [1.165, 1.54) is 0 Å². The molecule has 1 saturated carbocycles. The second-order valence-electron chi connectivity index (χ2n) is 7.89. The van der Waals surface area contributed by atoms with Gasteiger partial charge < -0.3 is 24.7 Å². The van der Waals surface area contributed by atoms with Gasteiger partial charge in [-0.25, -0.2) is 4.98 Å². The minimum Gasteiger partial charge on any atom is -0.497 e. The van der Waals surface area contributed by atoms with Gasteiger partial charge >= 0.3 is 0 Å². The topological polar surface area (TPSA) is 96.5 Å². The van der Waals surface area contributed by atoms with Crippen LogP contribution in [0.4, 0.5) is 5.69 Å². The molecular formula is C24H24N4O4. The smallest absolute Gasteiger partial charge is 0.196 e. The normalized spacial score (nSPS) is 23.4. The molecule has 2 aliphatic rings. The number of methoxy groups -OCH3 is 2. The van der Waals surface area contributed by atoms with E-state index in [2.05, 4.69) is 15.3 Å². The number of nitrogens with one attached hydrogen (secondary N) is 2. The molecule has 2 aromatic carbocycles. The zero-order valence-electron chi connectivity index (χ0n) is 19.1. The highest BCUT2D eigenvalue weighted by Crippen LogP contribution is 2.49. The van der Waals surface area contributed by atoms with Gasteiger partial charge in [-0.1, -0.05) is 12.1 Å². The predicted molar refractivity (Wildman–Crippen MR) is 121 cm³/mol. The largest absolute Gasteiger partial charge is 0.497 e. The van der Waals surface area contributed by atoms with Gasteiger partial charge in [0.05, 0.1) is 30.9 Å². The van der Waals surface area contributed by atoms with Crippen molar-refractivity contribution in [3.63, 3.8) is 0 Å². The highest BCUT2D eigenvalue weighted by atomic mass is 16.5. The number of fused-ring (bicyclic) bond motifs is 1. The van der Waals surface area contributed by atoms with Crippen LogP contribution in [-0.4, -0.2) is 48.3 Å². The molecule has 8 heteroatoms. The molecule has 0 radical (unpaired) electrons. The number of hydrogen-bond acceptors (Lipinski definition) is 7. The molecule has 0 saturated heterocycles. The van der Waals surface area contributed by atoms with Crippen molar-refractivity contribution in [2.24, 2.45) is 0 Å². The molecule has 164 valence electrons. The minimum absolute atomic E-state index is 0.0611. The lowest BCUT2D eigenvalue weighted by Gasteiger charge is -2.36. The number of Topliss-reactive ketones (excluding diaryl/α,β-unsaturated/α-hetero) is 2. The van der Waals surface area contributed by atoms with Gasteiger partial charge in [0.25, 0.3) is 0 Å². The SMILES string of the molecule is [2H]C1CC2(CC1=O)C(=O)C(c1nc3ccccc3[nH]1)=C(NC)N2c1cc(OC)cc(OC)c1. The molecule has 2 unspecified atom stereocenters. The Balaban J connectivity index is 1.76. The summed E-state index contributed by atoms with van der Waals surface area (Å²) in [5.41, 5.74) is 1.29. The Morgan fingerprint density at radius 2 is 1.88 bits per heavy atom. The maximum Gasteiger partial charge on any atom is 0.196 e. The standard InChI is InChI=1S/C24H24N4O4/c1-25-23-20(22-26-18-6-4-5-7-19(18)27-22)21(30)24(9-8-15(29)13-24)28(23)14-10-16(31-2)12-17(11-14)32-3/h4-7,10-12,25H,8-9,13H2,1-3H3,(H,26,27)/i8D. The molecule has 1 aromatic heterocycles. The maximum atomic E-state index is 14.1. The van der Waals surface area contributed by atoms with Gasteiger partial charge in [-0.3, -0.25) is 9.59 Å². The third-order valence-electron chi connectivity index (χ3n) is 6.13. The van der Waals surface area contributed by atoms with Crippen molar-refractivity contribution < 1.29 is 20.4 Å². The van der Waals surface area contributed by atoms with Crippen molar-refractivity contribution in [2.75, 3.05) is 26.2 Å². The van der Waals surface area contributed by atoms with Gasteiger partial charge in [0.15, 0.2) is 5.78 Å². The number of ether oxygens (including phenoxy) is 2. The summed E-state index contributed by atoms with van der Waals surface area (Å²) in [7, 11) is 4.83. The molecule has 5 rings (SSSR count). The number of para-hydroxylation sites is 2. The molecule has 1 aliphatic heterocycles. The number of nitrogens with zero attached hydrogens (tertiary/aromatic N) is 2.